The van der Waals surface area contributed by atoms with Gasteiger partial charge in [0.05, 0.1) is 25.0 Å². The molecule has 1 saturated carbocycles. The molecule has 1 N–H and O–H groups in total. The van der Waals surface area contributed by atoms with Crippen LogP contribution in [0.15, 0.2) is 23.4 Å². The summed E-state index contributed by atoms with van der Waals surface area (Å²) in [5, 5.41) is 15.2. The Hall–Kier alpha value is -2.29. The molecular formula is C15H17N5O3S. The Bertz CT molecular complexity index is 746. The number of nitrogens with zero attached hydrogens (tertiary/aromatic N) is 4. The van der Waals surface area contributed by atoms with E-state index in [1.807, 2.05) is 12.1 Å². The van der Waals surface area contributed by atoms with Gasteiger partial charge >= 0.3 is 0 Å². The second-order valence-electron chi connectivity index (χ2n) is 5.69. The molecule has 1 aliphatic carbocycles. The molecule has 0 radical (unpaired) electrons. The van der Waals surface area contributed by atoms with Crippen molar-refractivity contribution in [2.45, 2.75) is 30.5 Å². The van der Waals surface area contributed by atoms with E-state index < -0.39 is 0 Å². The van der Waals surface area contributed by atoms with Crippen molar-refractivity contribution >= 4 is 23.4 Å². The first-order valence-corrected chi connectivity index (χ1v) is 8.88. The SMILES string of the molecule is O=C(CSc1nnnn1C1CC1)Nc1ccc2c(c1)OCCCO2. The van der Waals surface area contributed by atoms with Gasteiger partial charge in [-0.1, -0.05) is 11.8 Å². The number of rotatable bonds is 5. The molecule has 2 aromatic rings. The fourth-order valence-corrected chi connectivity index (χ4v) is 3.14. The number of amides is 1. The van der Waals surface area contributed by atoms with Gasteiger partial charge in [-0.3, -0.25) is 4.79 Å². The van der Waals surface area contributed by atoms with Crippen molar-refractivity contribution in [3.8, 4) is 11.5 Å². The molecule has 0 unspecified atom stereocenters. The quantitative estimate of drug-likeness (QED) is 0.826. The Morgan fingerprint density at radius 1 is 1.29 bits per heavy atom. The number of hydrogen-bond donors (Lipinski definition) is 1. The number of anilines is 1. The maximum absolute atomic E-state index is 12.2. The van der Waals surface area contributed by atoms with E-state index >= 15 is 0 Å². The number of thioether (sulfide) groups is 1. The zero-order valence-corrected chi connectivity index (χ0v) is 13.8. The molecule has 1 fully saturated rings. The molecule has 1 aromatic heterocycles. The van der Waals surface area contributed by atoms with Crippen molar-refractivity contribution in [1.29, 1.82) is 0 Å². The van der Waals surface area contributed by atoms with Gasteiger partial charge in [-0.15, -0.1) is 5.10 Å². The summed E-state index contributed by atoms with van der Waals surface area (Å²) in [5.74, 6) is 1.51. The molecule has 0 spiro atoms. The number of tetrazole rings is 1. The summed E-state index contributed by atoms with van der Waals surface area (Å²) >= 11 is 1.34. The van der Waals surface area contributed by atoms with E-state index in [9.17, 15) is 4.79 Å². The maximum atomic E-state index is 12.2. The highest BCUT2D eigenvalue weighted by molar-refractivity contribution is 7.99. The first-order valence-electron chi connectivity index (χ1n) is 7.90. The van der Waals surface area contributed by atoms with Crippen LogP contribution < -0.4 is 14.8 Å². The Kier molecular flexibility index (Phi) is 4.24. The predicted molar refractivity (Wildman–Crippen MR) is 87.5 cm³/mol. The third kappa shape index (κ3) is 3.45. The van der Waals surface area contributed by atoms with Crippen molar-refractivity contribution in [3.63, 3.8) is 0 Å². The van der Waals surface area contributed by atoms with Gasteiger partial charge in [-0.05, 0) is 35.4 Å². The second-order valence-corrected chi connectivity index (χ2v) is 6.63. The van der Waals surface area contributed by atoms with Crippen LogP contribution in [0.1, 0.15) is 25.3 Å². The van der Waals surface area contributed by atoms with Gasteiger partial charge in [0, 0.05) is 18.2 Å². The first-order chi connectivity index (χ1) is 11.8. The summed E-state index contributed by atoms with van der Waals surface area (Å²) in [6, 6.07) is 5.81. The summed E-state index contributed by atoms with van der Waals surface area (Å²) < 4.78 is 13.0. The first kappa shape index (κ1) is 15.3. The van der Waals surface area contributed by atoms with Gasteiger partial charge in [0.15, 0.2) is 11.5 Å². The highest BCUT2D eigenvalue weighted by Crippen LogP contribution is 2.36. The average Bonchev–Trinajstić information content (AvgIpc) is 3.36. The lowest BCUT2D eigenvalue weighted by atomic mass is 10.2. The van der Waals surface area contributed by atoms with Crippen LogP contribution in [-0.4, -0.2) is 45.1 Å². The second kappa shape index (κ2) is 6.68. The van der Waals surface area contributed by atoms with Crippen LogP contribution >= 0.6 is 11.8 Å². The number of carbonyl (C=O) groups is 1. The smallest absolute Gasteiger partial charge is 0.234 e. The Labute approximate surface area is 142 Å². The summed E-state index contributed by atoms with van der Waals surface area (Å²) in [4.78, 5) is 12.2. The minimum atomic E-state index is -0.111. The zero-order valence-electron chi connectivity index (χ0n) is 13.0. The number of ether oxygens (including phenoxy) is 2. The highest BCUT2D eigenvalue weighted by Gasteiger charge is 2.28. The standard InChI is InChI=1S/C15H17N5O3S/c21-14(9-24-15-17-18-19-20(15)11-3-4-11)16-10-2-5-12-13(8-10)23-7-1-6-22-12/h2,5,8,11H,1,3-4,6-7,9H2,(H,16,21). The molecule has 1 amide bonds. The van der Waals surface area contributed by atoms with E-state index in [-0.39, 0.29) is 11.7 Å². The third-order valence-electron chi connectivity index (χ3n) is 3.72. The molecule has 9 heteroatoms. The van der Waals surface area contributed by atoms with Gasteiger partial charge in [0.1, 0.15) is 0 Å². The Morgan fingerprint density at radius 3 is 2.96 bits per heavy atom. The molecule has 2 aliphatic rings. The largest absolute Gasteiger partial charge is 0.490 e. The van der Waals surface area contributed by atoms with E-state index in [2.05, 4.69) is 20.8 Å². The molecule has 8 nitrogen and oxygen atoms in total. The van der Waals surface area contributed by atoms with E-state index in [1.165, 1.54) is 11.8 Å². The van der Waals surface area contributed by atoms with Crippen LogP contribution in [-0.2, 0) is 4.79 Å². The molecular weight excluding hydrogens is 330 g/mol. The Morgan fingerprint density at radius 2 is 2.12 bits per heavy atom. The van der Waals surface area contributed by atoms with Crippen LogP contribution in [0.5, 0.6) is 11.5 Å². The fraction of sp³-hybridized carbons (Fsp3) is 0.467. The van der Waals surface area contributed by atoms with E-state index in [1.54, 1.807) is 10.7 Å². The molecule has 1 aromatic carbocycles. The van der Waals surface area contributed by atoms with Gasteiger partial charge in [0.2, 0.25) is 11.1 Å². The van der Waals surface area contributed by atoms with E-state index in [4.69, 9.17) is 9.47 Å². The van der Waals surface area contributed by atoms with Crippen LogP contribution in [0.2, 0.25) is 0 Å². The maximum Gasteiger partial charge on any atom is 0.234 e. The fourth-order valence-electron chi connectivity index (χ4n) is 2.40. The summed E-state index contributed by atoms with van der Waals surface area (Å²) in [5.41, 5.74) is 0.687. The molecule has 0 saturated heterocycles. The van der Waals surface area contributed by atoms with Crippen LogP contribution in [0.3, 0.4) is 0 Å². The van der Waals surface area contributed by atoms with Crippen LogP contribution in [0.25, 0.3) is 0 Å². The third-order valence-corrected chi connectivity index (χ3v) is 4.65. The summed E-state index contributed by atoms with van der Waals surface area (Å²) in [7, 11) is 0. The summed E-state index contributed by atoms with van der Waals surface area (Å²) in [6.45, 7) is 1.26. The van der Waals surface area contributed by atoms with Crippen molar-refractivity contribution in [2.75, 3.05) is 24.3 Å². The van der Waals surface area contributed by atoms with Gasteiger partial charge in [-0.2, -0.15) is 0 Å². The molecule has 0 bridgehead atoms. The minimum Gasteiger partial charge on any atom is -0.490 e. The minimum absolute atomic E-state index is 0.111. The number of fused-ring (bicyclic) bond motifs is 1. The molecule has 1 aliphatic heterocycles. The van der Waals surface area contributed by atoms with Crippen molar-refractivity contribution < 1.29 is 14.3 Å². The lowest BCUT2D eigenvalue weighted by Crippen LogP contribution is -2.14. The molecule has 126 valence electrons. The highest BCUT2D eigenvalue weighted by atomic mass is 32.2. The van der Waals surface area contributed by atoms with Crippen LogP contribution in [0.4, 0.5) is 5.69 Å². The molecule has 24 heavy (non-hydrogen) atoms. The zero-order chi connectivity index (χ0) is 16.4. The normalized spacial score (nSPS) is 16.5. The van der Waals surface area contributed by atoms with Gasteiger partial charge in [0.25, 0.3) is 0 Å². The van der Waals surface area contributed by atoms with Gasteiger partial charge in [-0.25, -0.2) is 4.68 Å². The Balaban J connectivity index is 1.35. The van der Waals surface area contributed by atoms with Crippen LogP contribution in [0, 0.1) is 0 Å². The topological polar surface area (TPSA) is 91.2 Å². The lowest BCUT2D eigenvalue weighted by molar-refractivity contribution is -0.113. The number of hydrogen-bond acceptors (Lipinski definition) is 7. The van der Waals surface area contributed by atoms with E-state index in [0.717, 1.165) is 19.3 Å². The predicted octanol–water partition coefficient (Wildman–Crippen LogP) is 1.90. The number of benzene rings is 1. The lowest BCUT2D eigenvalue weighted by Gasteiger charge is -2.10. The molecule has 4 rings (SSSR count). The van der Waals surface area contributed by atoms with Crippen molar-refractivity contribution in [3.05, 3.63) is 18.2 Å². The number of aromatic nitrogens is 4. The monoisotopic (exact) mass is 347 g/mol. The van der Waals surface area contributed by atoms with Crippen molar-refractivity contribution in [1.82, 2.24) is 20.2 Å². The summed E-state index contributed by atoms with van der Waals surface area (Å²) in [6.07, 6.45) is 3.05. The number of carbonyl (C=O) groups excluding carboxylic acids is 1. The number of nitrogens with one attached hydrogen (secondary N) is 1. The van der Waals surface area contributed by atoms with Gasteiger partial charge < -0.3 is 14.8 Å². The molecule has 0 atom stereocenters. The molecule has 2 heterocycles. The van der Waals surface area contributed by atoms with E-state index in [0.29, 0.717) is 41.6 Å². The average molecular weight is 347 g/mol. The van der Waals surface area contributed by atoms with Crippen molar-refractivity contribution in [2.24, 2.45) is 0 Å².